The Hall–Kier alpha value is -1.58. The molecular formula is C13H15FN2O2S. The fourth-order valence-corrected chi connectivity index (χ4v) is 2.40. The highest BCUT2D eigenvalue weighted by molar-refractivity contribution is 7.99. The summed E-state index contributed by atoms with van der Waals surface area (Å²) in [4.78, 5) is 10.9. The number of hydrogen-bond acceptors (Lipinski definition) is 4. The van der Waals surface area contributed by atoms with E-state index >= 15 is 0 Å². The summed E-state index contributed by atoms with van der Waals surface area (Å²) in [6, 6.07) is 5.05. The number of aliphatic carboxylic acids is 1. The first-order valence-corrected chi connectivity index (χ1v) is 6.57. The van der Waals surface area contributed by atoms with E-state index in [1.54, 1.807) is 26.0 Å². The van der Waals surface area contributed by atoms with Crippen molar-refractivity contribution in [2.45, 2.75) is 30.4 Å². The van der Waals surface area contributed by atoms with E-state index in [2.05, 4.69) is 0 Å². The first-order valence-electron chi connectivity index (χ1n) is 5.59. The zero-order valence-corrected chi connectivity index (χ0v) is 11.5. The second kappa shape index (κ2) is 6.04. The summed E-state index contributed by atoms with van der Waals surface area (Å²) in [5.41, 5.74) is 6.35. The number of nitriles is 1. The lowest BCUT2D eigenvalue weighted by molar-refractivity contribution is -0.139. The summed E-state index contributed by atoms with van der Waals surface area (Å²) in [5.74, 6) is -1.16. The van der Waals surface area contributed by atoms with Crippen LogP contribution in [0.2, 0.25) is 0 Å². The number of nitrogens with two attached hydrogens (primary N) is 1. The standard InChI is InChI=1S/C13H15FN2O2S/c1-13(2,11(16)12(17)18)19-7-8-3-4-10(14)9(5-8)6-15/h3-5,11H,7,16H2,1-2H3,(H,17,18)/t11-/m1/s1. The molecule has 0 bridgehead atoms. The Labute approximate surface area is 115 Å². The van der Waals surface area contributed by atoms with Crippen LogP contribution in [0.1, 0.15) is 25.0 Å². The van der Waals surface area contributed by atoms with Crippen LogP contribution < -0.4 is 5.73 Å². The van der Waals surface area contributed by atoms with Gasteiger partial charge in [-0.2, -0.15) is 5.26 Å². The molecule has 1 rings (SSSR count). The summed E-state index contributed by atoms with van der Waals surface area (Å²) in [5, 5.41) is 17.6. The maximum Gasteiger partial charge on any atom is 0.321 e. The van der Waals surface area contributed by atoms with Crippen LogP contribution in [0.4, 0.5) is 4.39 Å². The van der Waals surface area contributed by atoms with Crippen molar-refractivity contribution >= 4 is 17.7 Å². The van der Waals surface area contributed by atoms with Crippen molar-refractivity contribution in [3.8, 4) is 6.07 Å². The average molecular weight is 282 g/mol. The summed E-state index contributed by atoms with van der Waals surface area (Å²) in [6.45, 7) is 3.48. The van der Waals surface area contributed by atoms with Crippen LogP contribution in [-0.4, -0.2) is 21.9 Å². The van der Waals surface area contributed by atoms with Gasteiger partial charge < -0.3 is 10.8 Å². The summed E-state index contributed by atoms with van der Waals surface area (Å²) in [7, 11) is 0. The lowest BCUT2D eigenvalue weighted by Gasteiger charge is -2.28. The lowest BCUT2D eigenvalue weighted by atomic mass is 10.1. The van der Waals surface area contributed by atoms with Gasteiger partial charge in [-0.05, 0) is 31.5 Å². The van der Waals surface area contributed by atoms with Gasteiger partial charge >= 0.3 is 5.97 Å². The van der Waals surface area contributed by atoms with Crippen LogP contribution in [0.15, 0.2) is 18.2 Å². The molecule has 0 saturated heterocycles. The Bertz CT molecular complexity index is 526. The van der Waals surface area contributed by atoms with Gasteiger partial charge in [-0.25, -0.2) is 4.39 Å². The molecule has 0 saturated carbocycles. The molecule has 4 nitrogen and oxygen atoms in total. The molecule has 0 aromatic heterocycles. The van der Waals surface area contributed by atoms with Crippen molar-refractivity contribution < 1.29 is 14.3 Å². The zero-order valence-electron chi connectivity index (χ0n) is 10.7. The molecule has 1 atom stereocenters. The van der Waals surface area contributed by atoms with E-state index in [0.717, 1.165) is 5.56 Å². The molecule has 0 unspecified atom stereocenters. The summed E-state index contributed by atoms with van der Waals surface area (Å²) in [6.07, 6.45) is 0. The van der Waals surface area contributed by atoms with Gasteiger partial charge in [0.1, 0.15) is 17.9 Å². The highest BCUT2D eigenvalue weighted by Gasteiger charge is 2.32. The van der Waals surface area contributed by atoms with Gasteiger partial charge in [-0.15, -0.1) is 11.8 Å². The van der Waals surface area contributed by atoms with Crippen molar-refractivity contribution in [3.05, 3.63) is 35.1 Å². The molecule has 6 heteroatoms. The van der Waals surface area contributed by atoms with Gasteiger partial charge in [0.2, 0.25) is 0 Å². The third-order valence-corrected chi connectivity index (χ3v) is 4.25. The van der Waals surface area contributed by atoms with Crippen LogP contribution in [0, 0.1) is 17.1 Å². The van der Waals surface area contributed by atoms with Crippen LogP contribution in [0.3, 0.4) is 0 Å². The first kappa shape index (κ1) is 15.5. The van der Waals surface area contributed by atoms with E-state index in [0.29, 0.717) is 5.75 Å². The monoisotopic (exact) mass is 282 g/mol. The molecule has 102 valence electrons. The van der Waals surface area contributed by atoms with Crippen molar-refractivity contribution in [1.82, 2.24) is 0 Å². The van der Waals surface area contributed by atoms with Gasteiger partial charge in [0, 0.05) is 10.5 Å². The molecular weight excluding hydrogens is 267 g/mol. The summed E-state index contributed by atoms with van der Waals surface area (Å²) >= 11 is 1.36. The highest BCUT2D eigenvalue weighted by atomic mass is 32.2. The van der Waals surface area contributed by atoms with Crippen LogP contribution in [0.5, 0.6) is 0 Å². The minimum atomic E-state index is -1.06. The van der Waals surface area contributed by atoms with Crippen molar-refractivity contribution in [3.63, 3.8) is 0 Å². The van der Waals surface area contributed by atoms with Gasteiger partial charge in [0.25, 0.3) is 0 Å². The van der Waals surface area contributed by atoms with Crippen LogP contribution in [0.25, 0.3) is 0 Å². The second-order valence-corrected chi connectivity index (χ2v) is 6.26. The fourth-order valence-electron chi connectivity index (χ4n) is 1.40. The third kappa shape index (κ3) is 3.94. The Kier molecular flexibility index (Phi) is 4.92. The summed E-state index contributed by atoms with van der Waals surface area (Å²) < 4.78 is 12.5. The Morgan fingerprint density at radius 2 is 2.26 bits per heavy atom. The van der Waals surface area contributed by atoms with Gasteiger partial charge in [0.15, 0.2) is 0 Å². The second-order valence-electron chi connectivity index (χ2n) is 4.63. The lowest BCUT2D eigenvalue weighted by Crippen LogP contribution is -2.46. The molecule has 0 radical (unpaired) electrons. The number of carbonyl (C=O) groups is 1. The number of rotatable bonds is 5. The van der Waals surface area contributed by atoms with Crippen molar-refractivity contribution in [1.29, 1.82) is 5.26 Å². The average Bonchev–Trinajstić information content (AvgIpc) is 2.36. The predicted molar refractivity (Wildman–Crippen MR) is 72.1 cm³/mol. The molecule has 0 heterocycles. The van der Waals surface area contributed by atoms with Crippen LogP contribution in [-0.2, 0) is 10.5 Å². The first-order chi connectivity index (χ1) is 8.77. The number of benzene rings is 1. The van der Waals surface area contributed by atoms with E-state index < -0.39 is 22.6 Å². The largest absolute Gasteiger partial charge is 0.480 e. The number of halogens is 1. The third-order valence-electron chi connectivity index (χ3n) is 2.78. The van der Waals surface area contributed by atoms with Gasteiger partial charge in [-0.1, -0.05) is 6.07 Å². The predicted octanol–water partition coefficient (Wildman–Crippen LogP) is 2.12. The molecule has 1 aromatic carbocycles. The normalized spacial score (nSPS) is 12.8. The number of hydrogen-bond donors (Lipinski definition) is 2. The molecule has 19 heavy (non-hydrogen) atoms. The highest BCUT2D eigenvalue weighted by Crippen LogP contribution is 2.31. The molecule has 0 aliphatic heterocycles. The Morgan fingerprint density at radius 3 is 2.79 bits per heavy atom. The number of carboxylic acid groups (broad SMARTS) is 1. The minimum Gasteiger partial charge on any atom is -0.480 e. The molecule has 3 N–H and O–H groups in total. The number of carboxylic acids is 1. The Balaban J connectivity index is 2.77. The molecule has 0 aliphatic rings. The van der Waals surface area contributed by atoms with Crippen LogP contribution >= 0.6 is 11.8 Å². The van der Waals surface area contributed by atoms with E-state index in [-0.39, 0.29) is 5.56 Å². The van der Waals surface area contributed by atoms with Crippen molar-refractivity contribution in [2.24, 2.45) is 5.73 Å². The van der Waals surface area contributed by atoms with E-state index in [9.17, 15) is 9.18 Å². The topological polar surface area (TPSA) is 87.1 Å². The Morgan fingerprint density at radius 1 is 1.63 bits per heavy atom. The number of nitrogens with zero attached hydrogens (tertiary/aromatic N) is 1. The minimum absolute atomic E-state index is 0.0153. The maximum absolute atomic E-state index is 13.2. The van der Waals surface area contributed by atoms with E-state index in [1.165, 1.54) is 23.9 Å². The van der Waals surface area contributed by atoms with E-state index in [4.69, 9.17) is 16.1 Å². The maximum atomic E-state index is 13.2. The number of thioether (sulfide) groups is 1. The molecule has 0 amide bonds. The molecule has 0 aliphatic carbocycles. The van der Waals surface area contributed by atoms with Crippen molar-refractivity contribution in [2.75, 3.05) is 0 Å². The molecule has 0 fully saturated rings. The zero-order chi connectivity index (χ0) is 14.6. The smallest absolute Gasteiger partial charge is 0.321 e. The van der Waals surface area contributed by atoms with Gasteiger partial charge in [0.05, 0.1) is 5.56 Å². The molecule has 0 spiro atoms. The fraction of sp³-hybridized carbons (Fsp3) is 0.385. The van der Waals surface area contributed by atoms with Gasteiger partial charge in [-0.3, -0.25) is 4.79 Å². The quantitative estimate of drug-likeness (QED) is 0.863. The molecule has 1 aromatic rings. The SMILES string of the molecule is CC(C)(SCc1ccc(F)c(C#N)c1)[C@H](N)C(=O)O. The van der Waals surface area contributed by atoms with E-state index in [1.807, 2.05) is 0 Å².